The second-order valence-electron chi connectivity index (χ2n) is 5.81. The highest BCUT2D eigenvalue weighted by Crippen LogP contribution is 2.16. The zero-order valence-electron chi connectivity index (χ0n) is 12.4. The Bertz CT molecular complexity index is 504. The van der Waals surface area contributed by atoms with E-state index in [-0.39, 0.29) is 17.0 Å². The summed E-state index contributed by atoms with van der Waals surface area (Å²) in [6, 6.07) is 4.65. The lowest BCUT2D eigenvalue weighted by Gasteiger charge is -2.20. The molecular weight excluding hydrogens is 256 g/mol. The van der Waals surface area contributed by atoms with Gasteiger partial charge < -0.3 is 15.7 Å². The predicted molar refractivity (Wildman–Crippen MR) is 79.1 cm³/mol. The molecule has 110 valence electrons. The van der Waals surface area contributed by atoms with Gasteiger partial charge in [0.15, 0.2) is 0 Å². The lowest BCUT2D eigenvalue weighted by atomic mass is 10.1. The summed E-state index contributed by atoms with van der Waals surface area (Å²) >= 11 is 0. The van der Waals surface area contributed by atoms with Crippen molar-refractivity contribution >= 4 is 17.6 Å². The number of carboxylic acid groups (broad SMARTS) is 1. The number of nitrogens with one attached hydrogen (secondary N) is 2. The van der Waals surface area contributed by atoms with Crippen LogP contribution in [0.3, 0.4) is 0 Å². The van der Waals surface area contributed by atoms with Crippen molar-refractivity contribution in [3.8, 4) is 0 Å². The topological polar surface area (TPSA) is 78.4 Å². The molecule has 5 nitrogen and oxygen atoms in total. The standard InChI is InChI=1S/C15H22N2O3/c1-10-9-11(14(19)20)5-6-12(10)17-13(18)7-8-16-15(2,3)4/h5-6,9,16H,7-8H2,1-4H3,(H,17,18)(H,19,20). The van der Waals surface area contributed by atoms with Crippen LogP contribution in [0.15, 0.2) is 18.2 Å². The van der Waals surface area contributed by atoms with E-state index in [0.29, 0.717) is 18.7 Å². The Hall–Kier alpha value is -1.88. The first-order chi connectivity index (χ1) is 9.19. The van der Waals surface area contributed by atoms with Crippen molar-refractivity contribution in [3.63, 3.8) is 0 Å². The normalized spacial score (nSPS) is 11.2. The number of carbonyl (C=O) groups excluding carboxylic acids is 1. The van der Waals surface area contributed by atoms with E-state index in [2.05, 4.69) is 10.6 Å². The van der Waals surface area contributed by atoms with E-state index in [9.17, 15) is 9.59 Å². The van der Waals surface area contributed by atoms with E-state index in [1.807, 2.05) is 20.8 Å². The number of anilines is 1. The fourth-order valence-corrected chi connectivity index (χ4v) is 1.70. The molecule has 0 saturated heterocycles. The molecule has 5 heteroatoms. The van der Waals surface area contributed by atoms with Crippen LogP contribution in [-0.4, -0.2) is 29.1 Å². The SMILES string of the molecule is Cc1cc(C(=O)O)ccc1NC(=O)CCNC(C)(C)C. The molecule has 0 unspecified atom stereocenters. The van der Waals surface area contributed by atoms with Gasteiger partial charge in [0.05, 0.1) is 5.56 Å². The van der Waals surface area contributed by atoms with Gasteiger partial charge in [0, 0.05) is 24.2 Å². The zero-order valence-corrected chi connectivity index (χ0v) is 12.4. The maximum Gasteiger partial charge on any atom is 0.335 e. The molecule has 1 aromatic rings. The van der Waals surface area contributed by atoms with Crippen LogP contribution in [-0.2, 0) is 4.79 Å². The number of hydrogen-bond donors (Lipinski definition) is 3. The van der Waals surface area contributed by atoms with Crippen molar-refractivity contribution in [3.05, 3.63) is 29.3 Å². The van der Waals surface area contributed by atoms with E-state index < -0.39 is 5.97 Å². The molecule has 0 aromatic heterocycles. The molecule has 0 aliphatic rings. The number of amides is 1. The summed E-state index contributed by atoms with van der Waals surface area (Å²) in [5, 5.41) is 14.9. The highest BCUT2D eigenvalue weighted by molar-refractivity contribution is 5.93. The molecule has 1 rings (SSSR count). The summed E-state index contributed by atoms with van der Waals surface area (Å²) in [5.74, 6) is -1.06. The average Bonchev–Trinajstić information content (AvgIpc) is 2.29. The molecule has 0 fully saturated rings. The van der Waals surface area contributed by atoms with Crippen molar-refractivity contribution in [1.29, 1.82) is 0 Å². The second-order valence-corrected chi connectivity index (χ2v) is 5.81. The van der Waals surface area contributed by atoms with E-state index in [0.717, 1.165) is 5.56 Å². The van der Waals surface area contributed by atoms with Crippen LogP contribution in [0.2, 0.25) is 0 Å². The van der Waals surface area contributed by atoms with Gasteiger partial charge in [0.25, 0.3) is 0 Å². The number of aryl methyl sites for hydroxylation is 1. The van der Waals surface area contributed by atoms with E-state index in [1.165, 1.54) is 6.07 Å². The van der Waals surface area contributed by atoms with Gasteiger partial charge in [-0.2, -0.15) is 0 Å². The van der Waals surface area contributed by atoms with Crippen molar-refractivity contribution < 1.29 is 14.7 Å². The summed E-state index contributed by atoms with van der Waals surface area (Å²) in [7, 11) is 0. The zero-order chi connectivity index (χ0) is 15.3. The van der Waals surface area contributed by atoms with Crippen LogP contribution in [0.25, 0.3) is 0 Å². The summed E-state index contributed by atoms with van der Waals surface area (Å²) < 4.78 is 0. The van der Waals surface area contributed by atoms with Gasteiger partial charge in [0.2, 0.25) is 5.91 Å². The quantitative estimate of drug-likeness (QED) is 0.773. The molecular formula is C15H22N2O3. The minimum absolute atomic E-state index is 0.0146. The number of benzene rings is 1. The van der Waals surface area contributed by atoms with Crippen molar-refractivity contribution in [1.82, 2.24) is 5.32 Å². The number of carbonyl (C=O) groups is 2. The lowest BCUT2D eigenvalue weighted by molar-refractivity contribution is -0.116. The van der Waals surface area contributed by atoms with Crippen LogP contribution in [0.1, 0.15) is 43.1 Å². The maximum absolute atomic E-state index is 11.8. The van der Waals surface area contributed by atoms with Crippen LogP contribution < -0.4 is 10.6 Å². The van der Waals surface area contributed by atoms with Crippen molar-refractivity contribution in [2.75, 3.05) is 11.9 Å². The Morgan fingerprint density at radius 1 is 1.25 bits per heavy atom. The molecule has 0 bridgehead atoms. The van der Waals surface area contributed by atoms with Crippen LogP contribution in [0.5, 0.6) is 0 Å². The minimum atomic E-state index is -0.972. The van der Waals surface area contributed by atoms with Gasteiger partial charge in [-0.15, -0.1) is 0 Å². The fourth-order valence-electron chi connectivity index (χ4n) is 1.70. The van der Waals surface area contributed by atoms with Gasteiger partial charge in [0.1, 0.15) is 0 Å². The summed E-state index contributed by atoms with van der Waals surface area (Å²) in [5.41, 5.74) is 1.59. The van der Waals surface area contributed by atoms with Gasteiger partial charge >= 0.3 is 5.97 Å². The second kappa shape index (κ2) is 6.52. The molecule has 1 aromatic carbocycles. The number of hydrogen-bond acceptors (Lipinski definition) is 3. The van der Waals surface area contributed by atoms with Crippen molar-refractivity contribution in [2.24, 2.45) is 0 Å². The number of rotatable bonds is 5. The first-order valence-electron chi connectivity index (χ1n) is 6.58. The molecule has 1 amide bonds. The first-order valence-corrected chi connectivity index (χ1v) is 6.58. The summed E-state index contributed by atoms with van der Waals surface area (Å²) in [4.78, 5) is 22.6. The molecule has 20 heavy (non-hydrogen) atoms. The first kappa shape index (κ1) is 16.2. The Morgan fingerprint density at radius 2 is 1.90 bits per heavy atom. The molecule has 0 heterocycles. The lowest BCUT2D eigenvalue weighted by Crippen LogP contribution is -2.37. The predicted octanol–water partition coefficient (Wildman–Crippen LogP) is 2.41. The molecule has 0 saturated carbocycles. The maximum atomic E-state index is 11.8. The van der Waals surface area contributed by atoms with Gasteiger partial charge in [-0.1, -0.05) is 0 Å². The Kier molecular flexibility index (Phi) is 5.27. The molecule has 0 atom stereocenters. The van der Waals surface area contributed by atoms with E-state index in [1.54, 1.807) is 19.1 Å². The van der Waals surface area contributed by atoms with Gasteiger partial charge in [-0.05, 0) is 51.5 Å². The molecule has 0 spiro atoms. The Balaban J connectivity index is 2.56. The average molecular weight is 278 g/mol. The fraction of sp³-hybridized carbons (Fsp3) is 0.467. The highest BCUT2D eigenvalue weighted by atomic mass is 16.4. The number of carboxylic acids is 1. The minimum Gasteiger partial charge on any atom is -0.478 e. The molecule has 0 aliphatic heterocycles. The molecule has 0 radical (unpaired) electrons. The molecule has 0 aliphatic carbocycles. The van der Waals surface area contributed by atoms with Crippen LogP contribution in [0.4, 0.5) is 5.69 Å². The van der Waals surface area contributed by atoms with E-state index in [4.69, 9.17) is 5.11 Å². The largest absolute Gasteiger partial charge is 0.478 e. The number of aromatic carboxylic acids is 1. The Morgan fingerprint density at radius 3 is 2.40 bits per heavy atom. The smallest absolute Gasteiger partial charge is 0.335 e. The van der Waals surface area contributed by atoms with Gasteiger partial charge in [-0.3, -0.25) is 4.79 Å². The van der Waals surface area contributed by atoms with Crippen LogP contribution in [0, 0.1) is 6.92 Å². The molecule has 3 N–H and O–H groups in total. The monoisotopic (exact) mass is 278 g/mol. The third-order valence-corrected chi connectivity index (χ3v) is 2.75. The van der Waals surface area contributed by atoms with E-state index >= 15 is 0 Å². The Labute approximate surface area is 119 Å². The van der Waals surface area contributed by atoms with Gasteiger partial charge in [-0.25, -0.2) is 4.79 Å². The van der Waals surface area contributed by atoms with Crippen LogP contribution >= 0.6 is 0 Å². The van der Waals surface area contributed by atoms with Crippen molar-refractivity contribution in [2.45, 2.75) is 39.7 Å². The highest BCUT2D eigenvalue weighted by Gasteiger charge is 2.11. The third-order valence-electron chi connectivity index (χ3n) is 2.75. The summed E-state index contributed by atoms with van der Waals surface area (Å²) in [6.07, 6.45) is 0.372. The summed E-state index contributed by atoms with van der Waals surface area (Å²) in [6.45, 7) is 8.50. The third kappa shape index (κ3) is 5.40.